The number of anilines is 1. The molecule has 8 heteroatoms. The highest BCUT2D eigenvalue weighted by molar-refractivity contribution is 5.93. The first-order chi connectivity index (χ1) is 15.8. The topological polar surface area (TPSA) is 90.9 Å². The normalized spacial score (nSPS) is 19.1. The Kier molecular flexibility index (Phi) is 5.08. The number of hydrogen-bond acceptors (Lipinski definition) is 6. The molecule has 0 spiro atoms. The summed E-state index contributed by atoms with van der Waals surface area (Å²) in [5, 5.41) is 10.4. The van der Waals surface area contributed by atoms with E-state index >= 15 is 0 Å². The summed E-state index contributed by atoms with van der Waals surface area (Å²) in [7, 11) is 0. The Labute approximate surface area is 193 Å². The molecule has 0 radical (unpaired) electrons. The minimum Gasteiger partial charge on any atom is -0.350 e. The molecule has 1 atom stereocenters. The largest absolute Gasteiger partial charge is 0.350 e. The number of hydrogen-bond donors (Lipinski definition) is 0. The average Bonchev–Trinajstić information content (AvgIpc) is 3.57. The van der Waals surface area contributed by atoms with E-state index in [9.17, 15) is 10.1 Å². The molecular weight excluding hydrogens is 414 g/mol. The van der Waals surface area contributed by atoms with E-state index in [0.29, 0.717) is 30.4 Å². The molecule has 5 rings (SSSR count). The number of pyridine rings is 1. The predicted octanol–water partition coefficient (Wildman–Crippen LogP) is 3.65. The van der Waals surface area contributed by atoms with E-state index in [2.05, 4.69) is 34.1 Å². The van der Waals surface area contributed by atoms with Crippen LogP contribution in [0, 0.1) is 16.7 Å². The summed E-state index contributed by atoms with van der Waals surface area (Å²) in [6, 6.07) is 5.83. The van der Waals surface area contributed by atoms with Crippen molar-refractivity contribution in [2.75, 3.05) is 24.5 Å². The lowest BCUT2D eigenvalue weighted by molar-refractivity contribution is -0.140. The zero-order valence-electron chi connectivity index (χ0n) is 19.6. The van der Waals surface area contributed by atoms with Gasteiger partial charge in [-0.05, 0) is 43.4 Å². The van der Waals surface area contributed by atoms with Crippen LogP contribution in [0.4, 0.5) is 5.82 Å². The average molecular weight is 444 g/mol. The zero-order valence-corrected chi connectivity index (χ0v) is 19.6. The van der Waals surface area contributed by atoms with Crippen molar-refractivity contribution in [2.45, 2.75) is 52.5 Å². The molecule has 4 heterocycles. The van der Waals surface area contributed by atoms with E-state index in [0.717, 1.165) is 36.2 Å². The van der Waals surface area contributed by atoms with Crippen molar-refractivity contribution in [3.05, 3.63) is 42.0 Å². The molecule has 1 aliphatic heterocycles. The van der Waals surface area contributed by atoms with Gasteiger partial charge in [0.05, 0.1) is 17.0 Å². The van der Waals surface area contributed by atoms with E-state index < -0.39 is 0 Å². The van der Waals surface area contributed by atoms with Crippen LogP contribution in [0.1, 0.15) is 57.6 Å². The highest BCUT2D eigenvalue weighted by Gasteiger charge is 2.36. The van der Waals surface area contributed by atoms with Gasteiger partial charge in [0.1, 0.15) is 18.0 Å². The van der Waals surface area contributed by atoms with Crippen LogP contribution in [0.5, 0.6) is 0 Å². The first-order valence-corrected chi connectivity index (χ1v) is 11.6. The molecule has 0 aromatic carbocycles. The first-order valence-electron chi connectivity index (χ1n) is 11.6. The van der Waals surface area contributed by atoms with Crippen LogP contribution in [0.2, 0.25) is 0 Å². The van der Waals surface area contributed by atoms with E-state index in [4.69, 9.17) is 4.98 Å². The molecule has 33 heavy (non-hydrogen) atoms. The summed E-state index contributed by atoms with van der Waals surface area (Å²) in [6.07, 6.45) is 7.70. The van der Waals surface area contributed by atoms with Crippen LogP contribution in [0.3, 0.4) is 0 Å². The summed E-state index contributed by atoms with van der Waals surface area (Å²) in [6.45, 7) is 10.2. The number of rotatable bonds is 3. The van der Waals surface area contributed by atoms with Crippen LogP contribution in [-0.4, -0.2) is 56.0 Å². The Hall–Kier alpha value is -3.47. The highest BCUT2D eigenvalue weighted by Crippen LogP contribution is 2.46. The van der Waals surface area contributed by atoms with Crippen LogP contribution in [0.15, 0.2) is 30.9 Å². The van der Waals surface area contributed by atoms with Crippen molar-refractivity contribution in [1.82, 2.24) is 24.4 Å². The molecule has 1 saturated carbocycles. The maximum absolute atomic E-state index is 12.8. The number of carbonyl (C=O) groups is 1. The van der Waals surface area contributed by atoms with Crippen LogP contribution in [0.25, 0.3) is 16.9 Å². The molecular formula is C25H29N7O. The second-order valence-corrected chi connectivity index (χ2v) is 10.2. The van der Waals surface area contributed by atoms with Gasteiger partial charge in [-0.3, -0.25) is 9.36 Å². The minimum absolute atomic E-state index is 0.138. The number of piperazine rings is 1. The molecule has 0 unspecified atom stereocenters. The molecule has 1 amide bonds. The molecule has 8 nitrogen and oxygen atoms in total. The van der Waals surface area contributed by atoms with E-state index in [1.54, 1.807) is 24.7 Å². The summed E-state index contributed by atoms with van der Waals surface area (Å²) < 4.78 is 1.99. The molecule has 3 aromatic rings. The Balaban J connectivity index is 1.56. The molecule has 2 aliphatic rings. The van der Waals surface area contributed by atoms with Gasteiger partial charge in [-0.15, -0.1) is 0 Å². The van der Waals surface area contributed by atoms with E-state index in [-0.39, 0.29) is 17.4 Å². The van der Waals surface area contributed by atoms with Crippen LogP contribution in [-0.2, 0) is 4.79 Å². The lowest BCUT2D eigenvalue weighted by Gasteiger charge is -2.42. The summed E-state index contributed by atoms with van der Waals surface area (Å²) >= 11 is 0. The van der Waals surface area contributed by atoms with Gasteiger partial charge in [-0.1, -0.05) is 20.8 Å². The van der Waals surface area contributed by atoms with Crippen LogP contribution >= 0.6 is 0 Å². The fourth-order valence-corrected chi connectivity index (χ4v) is 4.72. The lowest BCUT2D eigenvalue weighted by Crippen LogP contribution is -2.56. The van der Waals surface area contributed by atoms with Crippen molar-refractivity contribution in [3.8, 4) is 11.9 Å². The van der Waals surface area contributed by atoms with Crippen molar-refractivity contribution in [1.29, 1.82) is 5.26 Å². The zero-order chi connectivity index (χ0) is 23.3. The number of nitrogens with zero attached hydrogens (tertiary/aromatic N) is 7. The lowest BCUT2D eigenvalue weighted by atomic mass is 9.94. The monoisotopic (exact) mass is 443 g/mol. The maximum Gasteiger partial charge on any atom is 0.228 e. The predicted molar refractivity (Wildman–Crippen MR) is 126 cm³/mol. The third-order valence-corrected chi connectivity index (χ3v) is 6.56. The maximum atomic E-state index is 12.8. The fraction of sp³-hybridized carbons (Fsp3) is 0.480. The first kappa shape index (κ1) is 21.4. The van der Waals surface area contributed by atoms with Gasteiger partial charge in [0.25, 0.3) is 0 Å². The van der Waals surface area contributed by atoms with Gasteiger partial charge in [0.15, 0.2) is 5.65 Å². The number of amides is 1. The second-order valence-electron chi connectivity index (χ2n) is 10.2. The number of carbonyl (C=O) groups excluding carboxylic acids is 1. The van der Waals surface area contributed by atoms with Crippen LogP contribution < -0.4 is 4.90 Å². The van der Waals surface area contributed by atoms with Gasteiger partial charge in [-0.25, -0.2) is 15.0 Å². The summed E-state index contributed by atoms with van der Waals surface area (Å²) in [4.78, 5) is 31.0. The number of nitriles is 1. The third-order valence-electron chi connectivity index (χ3n) is 6.56. The molecule has 0 bridgehead atoms. The smallest absolute Gasteiger partial charge is 0.228 e. The molecule has 3 aromatic heterocycles. The number of fused-ring (bicyclic) bond motifs is 1. The van der Waals surface area contributed by atoms with Crippen molar-refractivity contribution >= 4 is 22.8 Å². The SMILES string of the molecule is C[C@H]1CN(C(=O)C(C)(C)C)CCN1c1ncnc2c1c(C1CC1)cn2-c1cc(C#N)ccn1. The highest BCUT2D eigenvalue weighted by atomic mass is 16.2. The molecule has 1 aliphatic carbocycles. The molecule has 1 saturated heterocycles. The second kappa shape index (κ2) is 7.84. The molecule has 2 fully saturated rings. The summed E-state index contributed by atoms with van der Waals surface area (Å²) in [5.41, 5.74) is 2.23. The third kappa shape index (κ3) is 3.82. The molecule has 0 N–H and O–H groups in total. The summed E-state index contributed by atoms with van der Waals surface area (Å²) in [5.74, 6) is 2.29. The van der Waals surface area contributed by atoms with Gasteiger partial charge in [-0.2, -0.15) is 5.26 Å². The van der Waals surface area contributed by atoms with Crippen molar-refractivity contribution in [2.24, 2.45) is 5.41 Å². The van der Waals surface area contributed by atoms with Crippen molar-refractivity contribution < 1.29 is 4.79 Å². The Bertz CT molecular complexity index is 1260. The quantitative estimate of drug-likeness (QED) is 0.614. The van der Waals surface area contributed by atoms with Gasteiger partial charge < -0.3 is 9.80 Å². The van der Waals surface area contributed by atoms with E-state index in [1.807, 2.05) is 30.2 Å². The van der Waals surface area contributed by atoms with Gasteiger partial charge >= 0.3 is 0 Å². The Morgan fingerprint density at radius 1 is 1.18 bits per heavy atom. The van der Waals surface area contributed by atoms with Gasteiger partial charge in [0.2, 0.25) is 5.91 Å². The fourth-order valence-electron chi connectivity index (χ4n) is 4.72. The van der Waals surface area contributed by atoms with Crippen molar-refractivity contribution in [3.63, 3.8) is 0 Å². The minimum atomic E-state index is -0.384. The number of aromatic nitrogens is 4. The standard InChI is InChI=1S/C25H29N7O/c1-16-13-30(24(33)25(2,3)4)9-10-31(16)22-21-19(18-5-6-18)14-32(23(21)29-15-28-22)20-11-17(12-26)7-8-27-20/h7-8,11,14-16,18H,5-6,9-10,13H2,1-4H3/t16-/m0/s1. The Morgan fingerprint density at radius 3 is 2.64 bits per heavy atom. The van der Waals surface area contributed by atoms with Gasteiger partial charge in [0, 0.05) is 43.5 Å². The molecule has 170 valence electrons. The Morgan fingerprint density at radius 2 is 1.97 bits per heavy atom. The van der Waals surface area contributed by atoms with E-state index in [1.165, 1.54) is 5.56 Å².